The zero-order chi connectivity index (χ0) is 15.5. The van der Waals surface area contributed by atoms with E-state index in [1.54, 1.807) is 6.07 Å². The topological polar surface area (TPSA) is 41.5 Å². The SMILES string of the molecule is COc1ccc(N2CCN(c3ncc(C)cn3)CC2)cc1F. The van der Waals surface area contributed by atoms with Crippen LogP contribution in [0.2, 0.25) is 0 Å². The number of nitrogens with zero attached hydrogens (tertiary/aromatic N) is 4. The summed E-state index contributed by atoms with van der Waals surface area (Å²) in [6.45, 7) is 5.22. The third kappa shape index (κ3) is 2.95. The first-order valence-corrected chi connectivity index (χ1v) is 7.29. The molecule has 1 aromatic heterocycles. The van der Waals surface area contributed by atoms with Gasteiger partial charge in [0.15, 0.2) is 11.6 Å². The van der Waals surface area contributed by atoms with Gasteiger partial charge in [-0.3, -0.25) is 0 Å². The molecule has 6 heteroatoms. The molecule has 2 heterocycles. The van der Waals surface area contributed by atoms with Crippen molar-refractivity contribution in [3.05, 3.63) is 42.0 Å². The van der Waals surface area contributed by atoms with Crippen molar-refractivity contribution in [1.29, 1.82) is 0 Å². The highest BCUT2D eigenvalue weighted by Crippen LogP contribution is 2.24. The quantitative estimate of drug-likeness (QED) is 0.870. The van der Waals surface area contributed by atoms with E-state index >= 15 is 0 Å². The first-order chi connectivity index (χ1) is 10.7. The molecule has 1 aliphatic heterocycles. The number of ether oxygens (including phenoxy) is 1. The van der Waals surface area contributed by atoms with Crippen LogP contribution in [0, 0.1) is 12.7 Å². The number of piperazine rings is 1. The third-order valence-electron chi connectivity index (χ3n) is 3.83. The van der Waals surface area contributed by atoms with Crippen LogP contribution in [0.1, 0.15) is 5.56 Å². The summed E-state index contributed by atoms with van der Waals surface area (Å²) in [5.41, 5.74) is 1.93. The van der Waals surface area contributed by atoms with Crippen LogP contribution < -0.4 is 14.5 Å². The Labute approximate surface area is 129 Å². The first-order valence-electron chi connectivity index (χ1n) is 7.29. The van der Waals surface area contributed by atoms with Gasteiger partial charge >= 0.3 is 0 Å². The minimum Gasteiger partial charge on any atom is -0.494 e. The summed E-state index contributed by atoms with van der Waals surface area (Å²) in [6.07, 6.45) is 3.65. The Morgan fingerprint density at radius 2 is 1.68 bits per heavy atom. The van der Waals surface area contributed by atoms with E-state index in [9.17, 15) is 4.39 Å². The fourth-order valence-corrected chi connectivity index (χ4v) is 2.57. The van der Waals surface area contributed by atoms with Gasteiger partial charge in [-0.2, -0.15) is 0 Å². The van der Waals surface area contributed by atoms with Crippen LogP contribution in [-0.4, -0.2) is 43.3 Å². The molecule has 1 aliphatic rings. The molecule has 1 fully saturated rings. The van der Waals surface area contributed by atoms with Crippen LogP contribution in [0.25, 0.3) is 0 Å². The molecule has 0 saturated carbocycles. The minimum absolute atomic E-state index is 0.274. The van der Waals surface area contributed by atoms with E-state index < -0.39 is 0 Å². The Morgan fingerprint density at radius 1 is 1.05 bits per heavy atom. The molecule has 0 atom stereocenters. The number of halogens is 1. The fraction of sp³-hybridized carbons (Fsp3) is 0.375. The van der Waals surface area contributed by atoms with Gasteiger partial charge < -0.3 is 14.5 Å². The van der Waals surface area contributed by atoms with E-state index in [0.29, 0.717) is 0 Å². The molecule has 22 heavy (non-hydrogen) atoms. The maximum atomic E-state index is 13.8. The highest BCUT2D eigenvalue weighted by molar-refractivity contribution is 5.51. The molecule has 2 aromatic rings. The molecule has 0 spiro atoms. The Hall–Kier alpha value is -2.37. The number of methoxy groups -OCH3 is 1. The lowest BCUT2D eigenvalue weighted by atomic mass is 10.2. The second-order valence-electron chi connectivity index (χ2n) is 5.35. The van der Waals surface area contributed by atoms with Crippen molar-refractivity contribution < 1.29 is 9.13 Å². The lowest BCUT2D eigenvalue weighted by Crippen LogP contribution is -2.47. The van der Waals surface area contributed by atoms with Gasteiger partial charge in [0.2, 0.25) is 5.95 Å². The normalized spacial score (nSPS) is 15.0. The largest absolute Gasteiger partial charge is 0.494 e. The Kier molecular flexibility index (Phi) is 4.09. The first kappa shape index (κ1) is 14.6. The van der Waals surface area contributed by atoms with Gasteiger partial charge in [-0.15, -0.1) is 0 Å². The van der Waals surface area contributed by atoms with Gasteiger partial charge in [0.25, 0.3) is 0 Å². The van der Waals surface area contributed by atoms with Crippen LogP contribution in [-0.2, 0) is 0 Å². The Balaban J connectivity index is 1.66. The molecule has 0 bridgehead atoms. The average molecular weight is 302 g/mol. The predicted molar refractivity (Wildman–Crippen MR) is 84.1 cm³/mol. The molecule has 0 radical (unpaired) electrons. The van der Waals surface area contributed by atoms with E-state index in [4.69, 9.17) is 4.74 Å². The molecule has 0 amide bonds. The van der Waals surface area contributed by atoms with Crippen LogP contribution in [0.4, 0.5) is 16.0 Å². The van der Waals surface area contributed by atoms with Gasteiger partial charge in [0.05, 0.1) is 7.11 Å². The van der Waals surface area contributed by atoms with Crippen molar-refractivity contribution in [3.8, 4) is 5.75 Å². The summed E-state index contributed by atoms with van der Waals surface area (Å²) < 4.78 is 18.8. The minimum atomic E-state index is -0.329. The summed E-state index contributed by atoms with van der Waals surface area (Å²) >= 11 is 0. The molecule has 5 nitrogen and oxygen atoms in total. The number of anilines is 2. The van der Waals surface area contributed by atoms with E-state index in [-0.39, 0.29) is 11.6 Å². The fourth-order valence-electron chi connectivity index (χ4n) is 2.57. The predicted octanol–water partition coefficient (Wildman–Crippen LogP) is 2.26. The standard InChI is InChI=1S/C16H19FN4O/c1-12-10-18-16(19-11-12)21-7-5-20(6-8-21)13-3-4-15(22-2)14(17)9-13/h3-4,9-11H,5-8H2,1-2H3. The zero-order valence-electron chi connectivity index (χ0n) is 12.8. The number of rotatable bonds is 3. The molecule has 0 N–H and O–H groups in total. The number of benzene rings is 1. The summed E-state index contributed by atoms with van der Waals surface area (Å²) in [6, 6.07) is 5.08. The zero-order valence-corrected chi connectivity index (χ0v) is 12.8. The lowest BCUT2D eigenvalue weighted by Gasteiger charge is -2.36. The Morgan fingerprint density at radius 3 is 2.27 bits per heavy atom. The van der Waals surface area contributed by atoms with Crippen molar-refractivity contribution in [2.75, 3.05) is 43.1 Å². The molecule has 3 rings (SSSR count). The van der Waals surface area contributed by atoms with E-state index in [1.165, 1.54) is 13.2 Å². The lowest BCUT2D eigenvalue weighted by molar-refractivity contribution is 0.386. The smallest absolute Gasteiger partial charge is 0.225 e. The van der Waals surface area contributed by atoms with Crippen LogP contribution in [0.15, 0.2) is 30.6 Å². The highest BCUT2D eigenvalue weighted by Gasteiger charge is 2.20. The number of hydrogen-bond acceptors (Lipinski definition) is 5. The van der Waals surface area contributed by atoms with Crippen molar-refractivity contribution in [1.82, 2.24) is 9.97 Å². The average Bonchev–Trinajstić information content (AvgIpc) is 2.56. The van der Waals surface area contributed by atoms with Gasteiger partial charge in [-0.1, -0.05) is 0 Å². The van der Waals surface area contributed by atoms with Crippen LogP contribution in [0.5, 0.6) is 5.75 Å². The highest BCUT2D eigenvalue weighted by atomic mass is 19.1. The molecule has 1 saturated heterocycles. The molecule has 0 unspecified atom stereocenters. The van der Waals surface area contributed by atoms with Gasteiger partial charge in [-0.05, 0) is 24.6 Å². The van der Waals surface area contributed by atoms with E-state index in [1.807, 2.05) is 25.4 Å². The van der Waals surface area contributed by atoms with Crippen LogP contribution >= 0.6 is 0 Å². The van der Waals surface area contributed by atoms with Gasteiger partial charge in [-0.25, -0.2) is 14.4 Å². The number of hydrogen-bond donors (Lipinski definition) is 0. The third-order valence-corrected chi connectivity index (χ3v) is 3.83. The van der Waals surface area contributed by atoms with Crippen molar-refractivity contribution >= 4 is 11.6 Å². The molecule has 116 valence electrons. The summed E-state index contributed by atoms with van der Waals surface area (Å²) in [4.78, 5) is 13.0. The molecular weight excluding hydrogens is 283 g/mol. The summed E-state index contributed by atoms with van der Waals surface area (Å²) in [5, 5.41) is 0. The van der Waals surface area contributed by atoms with E-state index in [0.717, 1.165) is 43.4 Å². The molecule has 1 aromatic carbocycles. The second kappa shape index (κ2) is 6.17. The summed E-state index contributed by atoms with van der Waals surface area (Å²) in [5.74, 6) is 0.700. The maximum absolute atomic E-state index is 13.8. The van der Waals surface area contributed by atoms with E-state index in [2.05, 4.69) is 19.8 Å². The van der Waals surface area contributed by atoms with Crippen LogP contribution in [0.3, 0.4) is 0 Å². The summed E-state index contributed by atoms with van der Waals surface area (Å²) in [7, 11) is 1.47. The number of aryl methyl sites for hydroxylation is 1. The molecule has 0 aliphatic carbocycles. The van der Waals surface area contributed by atoms with Crippen molar-refractivity contribution in [2.45, 2.75) is 6.92 Å². The van der Waals surface area contributed by atoms with Crippen molar-refractivity contribution in [2.24, 2.45) is 0 Å². The monoisotopic (exact) mass is 302 g/mol. The molecular formula is C16H19FN4O. The maximum Gasteiger partial charge on any atom is 0.225 e. The van der Waals surface area contributed by atoms with Gasteiger partial charge in [0, 0.05) is 50.3 Å². The van der Waals surface area contributed by atoms with Crippen molar-refractivity contribution in [3.63, 3.8) is 0 Å². The Bertz CT molecular complexity index is 639. The van der Waals surface area contributed by atoms with Gasteiger partial charge in [0.1, 0.15) is 0 Å². The number of aromatic nitrogens is 2. The second-order valence-corrected chi connectivity index (χ2v) is 5.35.